The van der Waals surface area contributed by atoms with Gasteiger partial charge in [0.25, 0.3) is 5.95 Å². The molecular weight excluding hydrogens is 408 g/mol. The first-order valence-corrected chi connectivity index (χ1v) is 11.3. The van der Waals surface area contributed by atoms with Crippen LogP contribution in [-0.2, 0) is 0 Å². The predicted octanol–water partition coefficient (Wildman–Crippen LogP) is 6.03. The topological polar surface area (TPSA) is 80.3 Å². The van der Waals surface area contributed by atoms with Crippen molar-refractivity contribution in [2.24, 2.45) is 4.99 Å². The number of hydrogen-bond acceptors (Lipinski definition) is 6. The summed E-state index contributed by atoms with van der Waals surface area (Å²) in [5, 5.41) is 0. The van der Waals surface area contributed by atoms with E-state index >= 15 is 0 Å². The van der Waals surface area contributed by atoms with Crippen LogP contribution in [0.5, 0.6) is 0 Å². The first-order chi connectivity index (χ1) is 16.0. The zero-order valence-electron chi connectivity index (χ0n) is 20.7. The molecule has 6 nitrogen and oxygen atoms in total. The standard InChI is InChI=1S/C23H22N6.2C2H6/c1-15-4-6-17(7-5-15)21(27-23-26-14-25-22(24)28-23)13-18-12-20(18)16-8-10-19(11-9-16)29(2)3;2*1-2/h4-14H,1-3H3,(H2,24,25,26,28);2*1-2H3/b18-13+,27-21+;;. The molecule has 0 saturated carbocycles. The van der Waals surface area contributed by atoms with Gasteiger partial charge in [0.2, 0.25) is 5.95 Å². The number of nitrogens with two attached hydrogens (primary N) is 1. The summed E-state index contributed by atoms with van der Waals surface area (Å²) in [7, 11) is 4.07. The number of nitrogens with zero attached hydrogens (tertiary/aromatic N) is 5. The summed E-state index contributed by atoms with van der Waals surface area (Å²) < 4.78 is 0. The zero-order chi connectivity index (χ0) is 24.4. The second kappa shape index (κ2) is 12.3. The van der Waals surface area contributed by atoms with Crippen molar-refractivity contribution in [2.75, 3.05) is 24.7 Å². The molecule has 0 spiro atoms. The summed E-state index contributed by atoms with van der Waals surface area (Å²) in [5.74, 6) is 0.448. The first-order valence-electron chi connectivity index (χ1n) is 11.3. The Hall–Kier alpha value is -3.80. The van der Waals surface area contributed by atoms with E-state index in [2.05, 4.69) is 80.3 Å². The van der Waals surface area contributed by atoms with Crippen LogP contribution in [0.1, 0.15) is 44.4 Å². The maximum absolute atomic E-state index is 5.68. The quantitative estimate of drug-likeness (QED) is 0.488. The Balaban J connectivity index is 0.000000914. The number of aromatic nitrogens is 3. The van der Waals surface area contributed by atoms with Gasteiger partial charge in [-0.25, -0.2) is 9.98 Å². The minimum absolute atomic E-state index is 0.154. The van der Waals surface area contributed by atoms with E-state index in [1.54, 1.807) is 0 Å². The monoisotopic (exact) mass is 442 g/mol. The van der Waals surface area contributed by atoms with Crippen LogP contribution in [0, 0.1) is 6.92 Å². The fourth-order valence-electron chi connectivity index (χ4n) is 2.94. The van der Waals surface area contributed by atoms with Gasteiger partial charge in [-0.1, -0.05) is 69.7 Å². The van der Waals surface area contributed by atoms with E-state index in [0.29, 0.717) is 5.95 Å². The molecule has 0 aliphatic heterocycles. The van der Waals surface area contributed by atoms with Gasteiger partial charge in [-0.3, -0.25) is 0 Å². The summed E-state index contributed by atoms with van der Waals surface area (Å²) in [6.45, 7) is 10.1. The van der Waals surface area contributed by atoms with Crippen LogP contribution >= 0.6 is 0 Å². The minimum Gasteiger partial charge on any atom is -0.378 e. The number of anilines is 2. The highest BCUT2D eigenvalue weighted by Gasteiger charge is 2.19. The van der Waals surface area contributed by atoms with Gasteiger partial charge >= 0.3 is 0 Å². The molecule has 2 N–H and O–H groups in total. The molecule has 0 amide bonds. The van der Waals surface area contributed by atoms with Crippen molar-refractivity contribution in [3.8, 4) is 0 Å². The van der Waals surface area contributed by atoms with Gasteiger partial charge in [-0.05, 0) is 47.9 Å². The summed E-state index contributed by atoms with van der Waals surface area (Å²) in [4.78, 5) is 18.8. The first kappa shape index (κ1) is 25.5. The van der Waals surface area contributed by atoms with Crippen LogP contribution in [-0.4, -0.2) is 34.8 Å². The minimum atomic E-state index is 0.154. The molecule has 33 heavy (non-hydrogen) atoms. The van der Waals surface area contributed by atoms with Gasteiger partial charge in [0.1, 0.15) is 6.33 Å². The molecule has 1 aliphatic carbocycles. The molecule has 1 heterocycles. The molecule has 0 bridgehead atoms. The Morgan fingerprint density at radius 1 is 0.909 bits per heavy atom. The van der Waals surface area contributed by atoms with E-state index in [0.717, 1.165) is 16.8 Å². The molecule has 3 aromatic rings. The number of rotatable bonds is 5. The number of aliphatic imine (C=N–C) groups is 1. The Morgan fingerprint density at radius 3 is 2.12 bits per heavy atom. The molecule has 1 aromatic heterocycles. The molecule has 0 atom stereocenters. The fourth-order valence-corrected chi connectivity index (χ4v) is 2.94. The van der Waals surface area contributed by atoms with Crippen molar-refractivity contribution in [2.45, 2.75) is 34.6 Å². The van der Waals surface area contributed by atoms with Crippen LogP contribution < -0.4 is 10.6 Å². The molecule has 2 aromatic carbocycles. The van der Waals surface area contributed by atoms with Crippen molar-refractivity contribution in [3.05, 3.63) is 89.3 Å². The number of benzene rings is 2. The van der Waals surface area contributed by atoms with Crippen LogP contribution in [0.15, 0.2) is 77.6 Å². The van der Waals surface area contributed by atoms with Crippen molar-refractivity contribution in [1.82, 2.24) is 15.0 Å². The lowest BCUT2D eigenvalue weighted by Gasteiger charge is -2.12. The number of nitrogen functional groups attached to an aromatic ring is 1. The maximum atomic E-state index is 5.68. The average molecular weight is 443 g/mol. The molecule has 6 heteroatoms. The van der Waals surface area contributed by atoms with Gasteiger partial charge in [0.15, 0.2) is 0 Å². The third-order valence-electron chi connectivity index (χ3n) is 4.66. The summed E-state index contributed by atoms with van der Waals surface area (Å²) >= 11 is 0. The van der Waals surface area contributed by atoms with Gasteiger partial charge in [0.05, 0.1) is 5.71 Å². The van der Waals surface area contributed by atoms with Crippen molar-refractivity contribution in [1.29, 1.82) is 0 Å². The Labute approximate surface area is 197 Å². The highest BCUT2D eigenvalue weighted by Crippen LogP contribution is 2.38. The van der Waals surface area contributed by atoms with Gasteiger partial charge < -0.3 is 10.6 Å². The fraction of sp³-hybridized carbons (Fsp3) is 0.259. The van der Waals surface area contributed by atoms with E-state index in [4.69, 9.17) is 5.73 Å². The van der Waals surface area contributed by atoms with Crippen molar-refractivity contribution in [3.63, 3.8) is 0 Å². The van der Waals surface area contributed by atoms with Gasteiger partial charge in [-0.15, -0.1) is 0 Å². The van der Waals surface area contributed by atoms with Crippen LogP contribution in [0.2, 0.25) is 0 Å². The van der Waals surface area contributed by atoms with Gasteiger partial charge in [-0.2, -0.15) is 9.97 Å². The summed E-state index contributed by atoms with van der Waals surface area (Å²) in [6.07, 6.45) is 5.57. The number of aryl methyl sites for hydroxylation is 1. The molecule has 0 radical (unpaired) electrons. The predicted molar refractivity (Wildman–Crippen MR) is 141 cm³/mol. The van der Waals surface area contributed by atoms with E-state index < -0.39 is 0 Å². The molecule has 0 fully saturated rings. The lowest BCUT2D eigenvalue weighted by molar-refractivity contribution is 1.05. The van der Waals surface area contributed by atoms with Crippen molar-refractivity contribution < 1.29 is 0 Å². The second-order valence-corrected chi connectivity index (χ2v) is 7.11. The Kier molecular flexibility index (Phi) is 9.48. The highest BCUT2D eigenvalue weighted by atomic mass is 15.1. The van der Waals surface area contributed by atoms with E-state index in [1.165, 1.54) is 28.7 Å². The van der Waals surface area contributed by atoms with Gasteiger partial charge in [0, 0.05) is 25.3 Å². The molecule has 4 rings (SSSR count). The SMILES string of the molecule is CC.CC.Cc1ccc(C(/C=C2C=C\2c2ccc(N(C)C)cc2)=N/c2ncnc(N)n2)cc1. The second-order valence-electron chi connectivity index (χ2n) is 7.11. The molecule has 0 saturated heterocycles. The zero-order valence-corrected chi connectivity index (χ0v) is 20.7. The largest absolute Gasteiger partial charge is 0.378 e. The maximum Gasteiger partial charge on any atom is 0.254 e. The molecular formula is C27H34N6. The molecule has 172 valence electrons. The third-order valence-corrected chi connectivity index (χ3v) is 4.66. The summed E-state index contributed by atoms with van der Waals surface area (Å²) in [6, 6.07) is 16.7. The third kappa shape index (κ3) is 7.10. The highest BCUT2D eigenvalue weighted by molar-refractivity contribution is 6.14. The van der Waals surface area contributed by atoms with E-state index in [-0.39, 0.29) is 5.95 Å². The number of hydrogen-bond donors (Lipinski definition) is 1. The van der Waals surface area contributed by atoms with Crippen LogP contribution in [0.3, 0.4) is 0 Å². The smallest absolute Gasteiger partial charge is 0.254 e. The Bertz CT molecular complexity index is 1120. The van der Waals surface area contributed by atoms with E-state index in [1.807, 2.05) is 53.9 Å². The lowest BCUT2D eigenvalue weighted by Crippen LogP contribution is -2.07. The van der Waals surface area contributed by atoms with Crippen molar-refractivity contribution >= 4 is 28.9 Å². The van der Waals surface area contributed by atoms with E-state index in [9.17, 15) is 0 Å². The molecule has 1 aliphatic rings. The number of allylic oxidation sites excluding steroid dienone is 4. The Morgan fingerprint density at radius 2 is 1.55 bits per heavy atom. The van der Waals surface area contributed by atoms with Crippen LogP contribution in [0.25, 0.3) is 5.57 Å². The lowest BCUT2D eigenvalue weighted by atomic mass is 10.1. The normalized spacial score (nSPS) is 13.2. The average Bonchev–Trinajstić information content (AvgIpc) is 3.61. The van der Waals surface area contributed by atoms with Crippen LogP contribution in [0.4, 0.5) is 17.6 Å². The summed E-state index contributed by atoms with van der Waals surface area (Å²) in [5.41, 5.74) is 13.4. The molecule has 0 unspecified atom stereocenters.